The number of methoxy groups -OCH3 is 1. The highest BCUT2D eigenvalue weighted by atomic mass is 32.2. The minimum atomic E-state index is -3.95. The molecule has 0 spiro atoms. The highest BCUT2D eigenvalue weighted by Crippen LogP contribution is 2.41. The summed E-state index contributed by atoms with van der Waals surface area (Å²) >= 11 is 2.06. The molecule has 2 aliphatic heterocycles. The highest BCUT2D eigenvalue weighted by molar-refractivity contribution is 8.00. The molecule has 1 aromatic rings. The molecule has 3 rings (SSSR count). The van der Waals surface area contributed by atoms with Crippen molar-refractivity contribution in [3.05, 3.63) is 22.3 Å². The number of ether oxygens (including phenoxy) is 3. The largest absolute Gasteiger partial charge is 0.469 e. The van der Waals surface area contributed by atoms with E-state index in [9.17, 15) is 37.6 Å². The Morgan fingerprint density at radius 2 is 1.95 bits per heavy atom. The Bertz CT molecular complexity index is 1450. The van der Waals surface area contributed by atoms with Gasteiger partial charge in [0, 0.05) is 11.1 Å². The smallest absolute Gasteiger partial charge is 0.357 e. The summed E-state index contributed by atoms with van der Waals surface area (Å²) in [6.45, 7) is 3.96. The lowest BCUT2D eigenvalue weighted by atomic mass is 9.98. The average molecular weight is 648 g/mol. The van der Waals surface area contributed by atoms with Crippen molar-refractivity contribution in [3.8, 4) is 0 Å². The van der Waals surface area contributed by atoms with Gasteiger partial charge in [-0.1, -0.05) is 5.16 Å². The van der Waals surface area contributed by atoms with Crippen molar-refractivity contribution in [1.82, 2.24) is 15.2 Å². The summed E-state index contributed by atoms with van der Waals surface area (Å²) in [4.78, 5) is 67.5. The average Bonchev–Trinajstić information content (AvgIpc) is 3.35. The number of carbonyl (C=O) groups excluding carboxylic acids is 5. The van der Waals surface area contributed by atoms with E-state index in [2.05, 4.69) is 20.2 Å². The summed E-state index contributed by atoms with van der Waals surface area (Å²) in [6.07, 6.45) is -0.416. The fourth-order valence-electron chi connectivity index (χ4n) is 3.70. The lowest BCUT2D eigenvalue weighted by Gasteiger charge is -2.49. The van der Waals surface area contributed by atoms with Crippen LogP contribution < -0.4 is 11.1 Å². The maximum absolute atomic E-state index is 13.2. The fourth-order valence-corrected chi connectivity index (χ4v) is 7.12. The predicted molar refractivity (Wildman–Crippen MR) is 149 cm³/mol. The summed E-state index contributed by atoms with van der Waals surface area (Å²) in [7, 11) is -2.84. The number of thiazole rings is 1. The first-order chi connectivity index (χ1) is 19.6. The number of nitrogen functional groups attached to an aromatic ring is 1. The summed E-state index contributed by atoms with van der Waals surface area (Å²) in [5.74, 6) is -5.57. The summed E-state index contributed by atoms with van der Waals surface area (Å²) in [6, 6.07) is -1.19. The van der Waals surface area contributed by atoms with Crippen LogP contribution in [0.5, 0.6) is 0 Å². The third-order valence-corrected chi connectivity index (χ3v) is 9.47. The van der Waals surface area contributed by atoms with Crippen LogP contribution >= 0.6 is 23.1 Å². The van der Waals surface area contributed by atoms with Gasteiger partial charge in [0.05, 0.1) is 30.5 Å². The van der Waals surface area contributed by atoms with Crippen molar-refractivity contribution in [1.29, 1.82) is 0 Å². The van der Waals surface area contributed by atoms with Gasteiger partial charge in [0.1, 0.15) is 22.8 Å². The summed E-state index contributed by atoms with van der Waals surface area (Å²) in [5, 5.41) is 15.4. The number of sulfone groups is 1. The number of fused-ring (bicyclic) bond motifs is 1. The molecule has 0 aliphatic carbocycles. The lowest BCUT2D eigenvalue weighted by Crippen LogP contribution is -2.71. The van der Waals surface area contributed by atoms with Crippen LogP contribution in [0.25, 0.3) is 0 Å². The number of rotatable bonds is 11. The van der Waals surface area contributed by atoms with Crippen molar-refractivity contribution >= 4 is 73.5 Å². The number of hydrogen-bond donors (Lipinski definition) is 3. The molecule has 0 radical (unpaired) electrons. The Hall–Kier alpha value is -3.71. The minimum absolute atomic E-state index is 0.0157. The van der Waals surface area contributed by atoms with Gasteiger partial charge in [-0.2, -0.15) is 0 Å². The topological polar surface area (TPSA) is 234 Å². The number of hydrogen-bond acceptors (Lipinski definition) is 16. The first kappa shape index (κ1) is 32.8. The number of esters is 3. The number of β-lactam (4-membered cyclic amide) rings is 1. The van der Waals surface area contributed by atoms with E-state index in [1.54, 1.807) is 20.8 Å². The van der Waals surface area contributed by atoms with Gasteiger partial charge in [0.15, 0.2) is 20.7 Å². The van der Waals surface area contributed by atoms with Gasteiger partial charge < -0.3 is 30.5 Å². The zero-order chi connectivity index (χ0) is 31.4. The molecule has 1 unspecified atom stereocenters. The molecule has 4 N–H and O–H groups in total. The Kier molecular flexibility index (Phi) is 10.2. The van der Waals surface area contributed by atoms with Crippen molar-refractivity contribution in [2.75, 3.05) is 36.9 Å². The van der Waals surface area contributed by atoms with Gasteiger partial charge in [0.25, 0.3) is 11.8 Å². The van der Waals surface area contributed by atoms with Crippen LogP contribution in [0.3, 0.4) is 0 Å². The number of thioether (sulfide) groups is 1. The second kappa shape index (κ2) is 13.1. The third kappa shape index (κ3) is 7.57. The van der Waals surface area contributed by atoms with E-state index >= 15 is 0 Å². The molecule has 1 aromatic heterocycles. The van der Waals surface area contributed by atoms with E-state index in [0.29, 0.717) is 0 Å². The van der Waals surface area contributed by atoms with Crippen molar-refractivity contribution in [3.63, 3.8) is 0 Å². The van der Waals surface area contributed by atoms with Crippen LogP contribution in [0.4, 0.5) is 5.13 Å². The maximum Gasteiger partial charge on any atom is 0.357 e. The Balaban J connectivity index is 1.83. The van der Waals surface area contributed by atoms with E-state index < -0.39 is 86.8 Å². The van der Waals surface area contributed by atoms with Crippen LogP contribution in [-0.2, 0) is 48.0 Å². The van der Waals surface area contributed by atoms with Crippen LogP contribution in [0.2, 0.25) is 0 Å². The zero-order valence-corrected chi connectivity index (χ0v) is 25.4. The van der Waals surface area contributed by atoms with E-state index in [-0.39, 0.29) is 27.8 Å². The Morgan fingerprint density at radius 1 is 1.26 bits per heavy atom. The standard InChI is InChI=1S/C23H29N5O11S3/c1-23(2,3)21(33)39-10-38-20(32)16-11(9-42(35,36)6-5-13(29)37-4)7-40-19-15(18(31)28(16)19)26-17(30)14(27-34)12-8-41-22(24)25-12/h8,15,19,34H,5-7,9-10H2,1-4H3,(H2,24,25)(H,26,30)/b27-14-/t15?,19-/m1/s1. The molecular weight excluding hydrogens is 618 g/mol. The van der Waals surface area contributed by atoms with Gasteiger partial charge in [-0.3, -0.25) is 24.1 Å². The number of carbonyl (C=O) groups is 5. The molecule has 0 aromatic carbocycles. The normalized spacial score (nSPS) is 19.0. The Labute approximate surface area is 248 Å². The number of amides is 2. The first-order valence-corrected chi connectivity index (χ1v) is 15.9. The summed E-state index contributed by atoms with van der Waals surface area (Å²) < 4.78 is 40.0. The SMILES string of the molecule is COC(=O)CCS(=O)(=O)CC1=C(C(=O)OCOC(=O)C(C)(C)C)N2C(=O)C(NC(=O)/C(=N\O)c3csc(N)n3)[C@H]2SC1. The number of nitrogens with one attached hydrogen (secondary N) is 1. The molecule has 16 nitrogen and oxygen atoms in total. The second-order valence-electron chi connectivity index (χ2n) is 9.98. The van der Waals surface area contributed by atoms with Crippen LogP contribution in [0, 0.1) is 5.41 Å². The molecule has 19 heteroatoms. The van der Waals surface area contributed by atoms with Gasteiger partial charge in [-0.25, -0.2) is 18.2 Å². The van der Waals surface area contributed by atoms with E-state index in [4.69, 9.17) is 15.2 Å². The van der Waals surface area contributed by atoms with Crippen molar-refractivity contribution in [2.24, 2.45) is 10.6 Å². The van der Waals surface area contributed by atoms with Gasteiger partial charge >= 0.3 is 17.9 Å². The molecule has 230 valence electrons. The van der Waals surface area contributed by atoms with Gasteiger partial charge in [0.2, 0.25) is 6.79 Å². The van der Waals surface area contributed by atoms with Gasteiger partial charge in [-0.15, -0.1) is 23.1 Å². The number of anilines is 1. The molecular formula is C23H29N5O11S3. The Morgan fingerprint density at radius 3 is 2.52 bits per heavy atom. The van der Waals surface area contributed by atoms with E-state index in [1.807, 2.05) is 0 Å². The monoisotopic (exact) mass is 647 g/mol. The fraction of sp³-hybridized carbons (Fsp3) is 0.522. The highest BCUT2D eigenvalue weighted by Gasteiger charge is 2.55. The van der Waals surface area contributed by atoms with E-state index in [0.717, 1.165) is 35.1 Å². The molecule has 0 saturated carbocycles. The number of nitrogens with two attached hydrogens (primary N) is 1. The quantitative estimate of drug-likeness (QED) is 0.0694. The van der Waals surface area contributed by atoms with Crippen LogP contribution in [-0.4, -0.2) is 102 Å². The molecule has 1 saturated heterocycles. The third-order valence-electron chi connectivity index (χ3n) is 5.84. The first-order valence-electron chi connectivity index (χ1n) is 12.1. The number of aromatic nitrogens is 1. The van der Waals surface area contributed by atoms with Crippen molar-refractivity contribution < 1.29 is 51.8 Å². The second-order valence-corrected chi connectivity index (χ2v) is 14.2. The molecule has 2 atom stereocenters. The summed E-state index contributed by atoms with van der Waals surface area (Å²) in [5.41, 5.74) is 3.79. The molecule has 0 bridgehead atoms. The molecule has 2 amide bonds. The predicted octanol–water partition coefficient (Wildman–Crippen LogP) is -0.374. The maximum atomic E-state index is 13.2. The number of oxime groups is 1. The van der Waals surface area contributed by atoms with Crippen LogP contribution in [0.15, 0.2) is 21.8 Å². The van der Waals surface area contributed by atoms with Gasteiger partial charge in [-0.05, 0) is 26.3 Å². The molecule has 42 heavy (non-hydrogen) atoms. The lowest BCUT2D eigenvalue weighted by molar-refractivity contribution is -0.173. The van der Waals surface area contributed by atoms with Crippen LogP contribution in [0.1, 0.15) is 32.9 Å². The molecule has 1 fully saturated rings. The zero-order valence-electron chi connectivity index (χ0n) is 22.9. The number of nitrogens with zero attached hydrogens (tertiary/aromatic N) is 3. The molecule has 2 aliphatic rings. The van der Waals surface area contributed by atoms with Crippen molar-refractivity contribution in [2.45, 2.75) is 38.6 Å². The molecule has 3 heterocycles. The van der Waals surface area contributed by atoms with E-state index in [1.165, 1.54) is 5.38 Å². The minimum Gasteiger partial charge on any atom is -0.469 e.